The second-order valence-corrected chi connectivity index (χ2v) is 6.97. The highest BCUT2D eigenvalue weighted by atomic mass is 19.4. The third kappa shape index (κ3) is 3.18. The number of alkyl halides is 3. The lowest BCUT2D eigenvalue weighted by molar-refractivity contribution is -0.274. The Labute approximate surface area is 138 Å². The maximum atomic E-state index is 12.4. The van der Waals surface area contributed by atoms with Crippen molar-refractivity contribution in [3.63, 3.8) is 0 Å². The minimum atomic E-state index is -4.73. The molecule has 0 N–H and O–H groups in total. The van der Waals surface area contributed by atoms with Gasteiger partial charge in [-0.15, -0.1) is 13.2 Å². The summed E-state index contributed by atoms with van der Waals surface area (Å²) in [7, 11) is 0. The third-order valence-electron chi connectivity index (χ3n) is 4.18. The number of carbonyl (C=O) groups is 1. The third-order valence-corrected chi connectivity index (χ3v) is 4.18. The highest BCUT2D eigenvalue weighted by Crippen LogP contribution is 2.38. The number of ether oxygens (including phenoxy) is 1. The van der Waals surface area contributed by atoms with E-state index >= 15 is 0 Å². The van der Waals surface area contributed by atoms with Crippen molar-refractivity contribution < 1.29 is 22.7 Å². The summed E-state index contributed by atoms with van der Waals surface area (Å²) in [6.45, 7) is 5.88. The van der Waals surface area contributed by atoms with Crippen molar-refractivity contribution in [3.8, 4) is 11.4 Å². The monoisotopic (exact) mass is 337 g/mol. The second-order valence-electron chi connectivity index (χ2n) is 6.97. The van der Waals surface area contributed by atoms with Crippen molar-refractivity contribution >= 4 is 5.78 Å². The van der Waals surface area contributed by atoms with Crippen LogP contribution in [0.25, 0.3) is 5.69 Å². The van der Waals surface area contributed by atoms with Crippen LogP contribution in [0.2, 0.25) is 0 Å². The van der Waals surface area contributed by atoms with Crippen LogP contribution in [0.3, 0.4) is 0 Å². The molecule has 1 aromatic carbocycles. The first-order valence-electron chi connectivity index (χ1n) is 7.66. The summed E-state index contributed by atoms with van der Waals surface area (Å²) < 4.78 is 43.2. The van der Waals surface area contributed by atoms with Crippen LogP contribution in [0, 0.1) is 12.3 Å². The standard InChI is InChI=1S/C18H18F3NO2/c1-11-7-14-15(9-17(2,3)10-16(14)23)22(11)12-5-4-6-13(8-12)24-18(19,20)21/h4-8H,9-10H2,1-3H3. The molecule has 3 rings (SSSR count). The Morgan fingerprint density at radius 1 is 1.17 bits per heavy atom. The molecule has 0 atom stereocenters. The normalized spacial score (nSPS) is 16.8. The van der Waals surface area contributed by atoms with E-state index in [0.717, 1.165) is 11.4 Å². The fourth-order valence-electron chi connectivity index (χ4n) is 3.33. The van der Waals surface area contributed by atoms with E-state index in [9.17, 15) is 18.0 Å². The lowest BCUT2D eigenvalue weighted by atomic mass is 9.76. The quantitative estimate of drug-likeness (QED) is 0.785. The Hall–Kier alpha value is -2.24. The van der Waals surface area contributed by atoms with Crippen LogP contribution in [0.15, 0.2) is 30.3 Å². The van der Waals surface area contributed by atoms with Crippen LogP contribution in [0.1, 0.15) is 42.0 Å². The van der Waals surface area contributed by atoms with Gasteiger partial charge < -0.3 is 9.30 Å². The van der Waals surface area contributed by atoms with Gasteiger partial charge in [0.25, 0.3) is 0 Å². The summed E-state index contributed by atoms with van der Waals surface area (Å²) >= 11 is 0. The van der Waals surface area contributed by atoms with E-state index in [-0.39, 0.29) is 16.9 Å². The molecule has 1 aromatic heterocycles. The molecule has 0 spiro atoms. The number of fused-ring (bicyclic) bond motifs is 1. The van der Waals surface area contributed by atoms with Crippen molar-refractivity contribution in [1.82, 2.24) is 4.57 Å². The number of aryl methyl sites for hydroxylation is 1. The van der Waals surface area contributed by atoms with Gasteiger partial charge in [0.2, 0.25) is 0 Å². The zero-order chi connectivity index (χ0) is 17.7. The number of aromatic nitrogens is 1. The minimum absolute atomic E-state index is 0.0748. The summed E-state index contributed by atoms with van der Waals surface area (Å²) in [6.07, 6.45) is -3.57. The topological polar surface area (TPSA) is 31.2 Å². The Morgan fingerprint density at radius 3 is 2.54 bits per heavy atom. The number of hydrogen-bond donors (Lipinski definition) is 0. The smallest absolute Gasteiger partial charge is 0.406 e. The molecule has 24 heavy (non-hydrogen) atoms. The Balaban J connectivity index is 2.08. The molecule has 0 bridgehead atoms. The van der Waals surface area contributed by atoms with Crippen LogP contribution in [0.5, 0.6) is 5.75 Å². The van der Waals surface area contributed by atoms with Crippen molar-refractivity contribution in [2.24, 2.45) is 5.41 Å². The Kier molecular flexibility index (Phi) is 3.73. The van der Waals surface area contributed by atoms with E-state index in [1.54, 1.807) is 6.07 Å². The average Bonchev–Trinajstić information content (AvgIpc) is 2.72. The minimum Gasteiger partial charge on any atom is -0.406 e. The molecule has 0 aliphatic heterocycles. The van der Waals surface area contributed by atoms with Gasteiger partial charge in [-0.2, -0.15) is 0 Å². The number of halogens is 3. The maximum Gasteiger partial charge on any atom is 0.573 e. The predicted octanol–water partition coefficient (Wildman–Crippen LogP) is 4.84. The van der Waals surface area contributed by atoms with Crippen molar-refractivity contribution in [3.05, 3.63) is 47.3 Å². The molecule has 1 aliphatic rings. The SMILES string of the molecule is Cc1cc2c(n1-c1cccc(OC(F)(F)F)c1)CC(C)(C)CC2=O. The zero-order valence-electron chi connectivity index (χ0n) is 13.7. The first-order chi connectivity index (χ1) is 11.1. The first-order valence-corrected chi connectivity index (χ1v) is 7.66. The molecule has 6 heteroatoms. The van der Waals surface area contributed by atoms with E-state index < -0.39 is 6.36 Å². The lowest BCUT2D eigenvalue weighted by Crippen LogP contribution is -2.27. The molecule has 1 heterocycles. The molecule has 2 aromatic rings. The van der Waals surface area contributed by atoms with Gasteiger partial charge in [-0.3, -0.25) is 4.79 Å². The van der Waals surface area contributed by atoms with E-state index in [4.69, 9.17) is 0 Å². The molecule has 128 valence electrons. The van der Waals surface area contributed by atoms with E-state index in [0.29, 0.717) is 24.1 Å². The van der Waals surface area contributed by atoms with Crippen LogP contribution in [-0.2, 0) is 6.42 Å². The van der Waals surface area contributed by atoms with Gasteiger partial charge in [-0.1, -0.05) is 19.9 Å². The zero-order valence-corrected chi connectivity index (χ0v) is 13.7. The number of nitrogens with zero attached hydrogens (tertiary/aromatic N) is 1. The van der Waals surface area contributed by atoms with Gasteiger partial charge in [-0.05, 0) is 37.0 Å². The summed E-state index contributed by atoms with van der Waals surface area (Å²) in [6, 6.07) is 7.63. The summed E-state index contributed by atoms with van der Waals surface area (Å²) in [5.41, 5.74) is 2.70. The molecule has 0 radical (unpaired) electrons. The number of rotatable bonds is 2. The molecule has 0 fully saturated rings. The average molecular weight is 337 g/mol. The van der Waals surface area contributed by atoms with Gasteiger partial charge in [0.1, 0.15) is 5.75 Å². The molecule has 0 saturated heterocycles. The highest BCUT2D eigenvalue weighted by molar-refractivity contribution is 5.99. The maximum absolute atomic E-state index is 12.4. The molecule has 0 amide bonds. The van der Waals surface area contributed by atoms with E-state index in [2.05, 4.69) is 4.74 Å². The van der Waals surface area contributed by atoms with Crippen LogP contribution in [0.4, 0.5) is 13.2 Å². The van der Waals surface area contributed by atoms with Gasteiger partial charge in [0.15, 0.2) is 5.78 Å². The molecule has 0 saturated carbocycles. The summed E-state index contributed by atoms with van der Waals surface area (Å²) in [5.74, 6) is -0.200. The van der Waals surface area contributed by atoms with Crippen molar-refractivity contribution in [1.29, 1.82) is 0 Å². The largest absolute Gasteiger partial charge is 0.573 e. The van der Waals surface area contributed by atoms with Gasteiger partial charge in [0, 0.05) is 35.1 Å². The number of benzene rings is 1. The number of Topliss-reactive ketones (excluding diaryl/α,β-unsaturated/α-hetero) is 1. The molecule has 1 aliphatic carbocycles. The lowest BCUT2D eigenvalue weighted by Gasteiger charge is -2.30. The number of ketones is 1. The fraction of sp³-hybridized carbons (Fsp3) is 0.389. The second kappa shape index (κ2) is 5.40. The molecular weight excluding hydrogens is 319 g/mol. The number of hydrogen-bond acceptors (Lipinski definition) is 2. The van der Waals surface area contributed by atoms with Crippen LogP contribution >= 0.6 is 0 Å². The molecule has 3 nitrogen and oxygen atoms in total. The Bertz CT molecular complexity index is 803. The van der Waals surface area contributed by atoms with E-state index in [1.807, 2.05) is 31.4 Å². The molecule has 0 unspecified atom stereocenters. The first kappa shape index (κ1) is 16.6. The van der Waals surface area contributed by atoms with Gasteiger partial charge >= 0.3 is 6.36 Å². The Morgan fingerprint density at radius 2 is 1.88 bits per heavy atom. The van der Waals surface area contributed by atoms with Crippen LogP contribution in [-0.4, -0.2) is 16.7 Å². The van der Waals surface area contributed by atoms with Gasteiger partial charge in [-0.25, -0.2) is 0 Å². The summed E-state index contributed by atoms with van der Waals surface area (Å²) in [4.78, 5) is 12.4. The predicted molar refractivity (Wildman–Crippen MR) is 83.6 cm³/mol. The van der Waals surface area contributed by atoms with Crippen LogP contribution < -0.4 is 4.74 Å². The van der Waals surface area contributed by atoms with E-state index in [1.165, 1.54) is 18.2 Å². The van der Waals surface area contributed by atoms with Crippen molar-refractivity contribution in [2.45, 2.75) is 40.0 Å². The van der Waals surface area contributed by atoms with Crippen molar-refractivity contribution in [2.75, 3.05) is 0 Å². The fourth-order valence-corrected chi connectivity index (χ4v) is 3.33. The summed E-state index contributed by atoms with van der Waals surface area (Å²) in [5, 5.41) is 0. The molecular formula is C18H18F3NO2. The highest BCUT2D eigenvalue weighted by Gasteiger charge is 2.34. The number of carbonyl (C=O) groups excluding carboxylic acids is 1. The van der Waals surface area contributed by atoms with Gasteiger partial charge in [0.05, 0.1) is 0 Å².